The summed E-state index contributed by atoms with van der Waals surface area (Å²) in [5.41, 5.74) is 7.12. The van der Waals surface area contributed by atoms with Crippen molar-refractivity contribution in [3.05, 3.63) is 71.5 Å². The van der Waals surface area contributed by atoms with Gasteiger partial charge in [0.25, 0.3) is 0 Å². The minimum atomic E-state index is 0.991. The molecule has 0 heterocycles. The van der Waals surface area contributed by atoms with E-state index in [1.165, 1.54) is 16.7 Å². The minimum absolute atomic E-state index is 0.991. The van der Waals surface area contributed by atoms with Gasteiger partial charge in [-0.2, -0.15) is 0 Å². The lowest BCUT2D eigenvalue weighted by Gasteiger charge is -2.08. The Morgan fingerprint density at radius 2 is 1.93 bits per heavy atom. The molecule has 1 aromatic rings. The van der Waals surface area contributed by atoms with E-state index >= 15 is 0 Å². The number of hydrogen-bond acceptors (Lipinski definition) is 0. The standard InChI is InChI=1S/C15H14/c1-13-9-5-2-3-8-12-15(13)14-10-6-4-7-11-14/h2-4,6-11H,12H2,1H3/b8-3-,15-13+. The highest BCUT2D eigenvalue weighted by Crippen LogP contribution is 2.23. The van der Waals surface area contributed by atoms with Crippen molar-refractivity contribution >= 4 is 5.57 Å². The molecule has 1 aromatic carbocycles. The predicted octanol–water partition coefficient (Wildman–Crippen LogP) is 4.13. The van der Waals surface area contributed by atoms with Crippen molar-refractivity contribution < 1.29 is 0 Å². The summed E-state index contributed by atoms with van der Waals surface area (Å²) < 4.78 is 0. The molecular formula is C15H14. The quantitative estimate of drug-likeness (QED) is 0.590. The molecule has 0 radical (unpaired) electrons. The molecule has 15 heavy (non-hydrogen) atoms. The largest absolute Gasteiger partial charge is 0.121 e. The van der Waals surface area contributed by atoms with Crippen LogP contribution in [0, 0.1) is 0 Å². The molecule has 0 unspecified atom stereocenters. The van der Waals surface area contributed by atoms with Gasteiger partial charge in [0.1, 0.15) is 0 Å². The van der Waals surface area contributed by atoms with Crippen LogP contribution in [0.1, 0.15) is 18.9 Å². The van der Waals surface area contributed by atoms with Crippen LogP contribution in [0.3, 0.4) is 0 Å². The molecule has 0 N–H and O–H groups in total. The van der Waals surface area contributed by atoms with Crippen LogP contribution < -0.4 is 0 Å². The van der Waals surface area contributed by atoms with E-state index in [2.05, 4.69) is 43.0 Å². The van der Waals surface area contributed by atoms with Gasteiger partial charge in [0.15, 0.2) is 0 Å². The van der Waals surface area contributed by atoms with E-state index in [-0.39, 0.29) is 0 Å². The molecule has 0 saturated carbocycles. The average molecular weight is 194 g/mol. The van der Waals surface area contributed by atoms with Crippen molar-refractivity contribution in [3.63, 3.8) is 0 Å². The molecule has 0 aromatic heterocycles. The SMILES string of the molecule is C/C1=C(\c2ccccc2)C/C=C\C=C=C1. The van der Waals surface area contributed by atoms with E-state index in [4.69, 9.17) is 0 Å². The fourth-order valence-electron chi connectivity index (χ4n) is 1.72. The third-order valence-corrected chi connectivity index (χ3v) is 2.55. The van der Waals surface area contributed by atoms with E-state index in [0.29, 0.717) is 0 Å². The van der Waals surface area contributed by atoms with Crippen LogP contribution in [0.15, 0.2) is 65.9 Å². The van der Waals surface area contributed by atoms with Gasteiger partial charge in [-0.25, -0.2) is 0 Å². The lowest BCUT2D eigenvalue weighted by molar-refractivity contribution is 1.33. The molecule has 0 amide bonds. The Kier molecular flexibility index (Phi) is 3.02. The van der Waals surface area contributed by atoms with Crippen LogP contribution in [0.25, 0.3) is 5.57 Å². The highest BCUT2D eigenvalue weighted by Gasteiger charge is 2.02. The topological polar surface area (TPSA) is 0 Å². The number of allylic oxidation sites excluding steroid dienone is 5. The smallest absolute Gasteiger partial charge is 0.00853 e. The van der Waals surface area contributed by atoms with Gasteiger partial charge in [0.2, 0.25) is 0 Å². The predicted molar refractivity (Wildman–Crippen MR) is 65.4 cm³/mol. The maximum absolute atomic E-state index is 3.14. The Labute approximate surface area is 91.0 Å². The molecule has 0 heteroatoms. The summed E-state index contributed by atoms with van der Waals surface area (Å²) >= 11 is 0. The van der Waals surface area contributed by atoms with Gasteiger partial charge in [0.05, 0.1) is 0 Å². The van der Waals surface area contributed by atoms with Gasteiger partial charge in [-0.05, 0) is 42.2 Å². The van der Waals surface area contributed by atoms with E-state index in [1.807, 2.05) is 24.3 Å². The lowest BCUT2D eigenvalue weighted by Crippen LogP contribution is -1.87. The Balaban J connectivity index is 2.47. The van der Waals surface area contributed by atoms with Gasteiger partial charge < -0.3 is 0 Å². The van der Waals surface area contributed by atoms with Crippen molar-refractivity contribution in [2.45, 2.75) is 13.3 Å². The molecule has 1 aliphatic rings. The van der Waals surface area contributed by atoms with Crippen molar-refractivity contribution in [2.75, 3.05) is 0 Å². The summed E-state index contributed by atoms with van der Waals surface area (Å²) in [5, 5.41) is 0. The van der Waals surface area contributed by atoms with Gasteiger partial charge in [-0.1, -0.05) is 42.5 Å². The van der Waals surface area contributed by atoms with Crippen LogP contribution >= 0.6 is 0 Å². The molecule has 0 fully saturated rings. The third-order valence-electron chi connectivity index (χ3n) is 2.55. The van der Waals surface area contributed by atoms with Crippen LogP contribution in [-0.4, -0.2) is 0 Å². The van der Waals surface area contributed by atoms with Crippen molar-refractivity contribution in [3.8, 4) is 0 Å². The molecule has 0 spiro atoms. The Morgan fingerprint density at radius 1 is 1.13 bits per heavy atom. The zero-order valence-electron chi connectivity index (χ0n) is 8.90. The minimum Gasteiger partial charge on any atom is -0.121 e. The van der Waals surface area contributed by atoms with Gasteiger partial charge in [-0.15, -0.1) is 5.73 Å². The second-order valence-electron chi connectivity index (χ2n) is 3.64. The van der Waals surface area contributed by atoms with Crippen LogP contribution in [0.5, 0.6) is 0 Å². The second-order valence-corrected chi connectivity index (χ2v) is 3.64. The summed E-state index contributed by atoms with van der Waals surface area (Å²) in [7, 11) is 0. The van der Waals surface area contributed by atoms with Gasteiger partial charge in [0, 0.05) is 0 Å². The number of hydrogen-bond donors (Lipinski definition) is 0. The monoisotopic (exact) mass is 194 g/mol. The maximum Gasteiger partial charge on any atom is -0.00853 e. The number of rotatable bonds is 1. The van der Waals surface area contributed by atoms with Crippen molar-refractivity contribution in [1.82, 2.24) is 0 Å². The summed E-state index contributed by atoms with van der Waals surface area (Å²) in [6.07, 6.45) is 9.21. The summed E-state index contributed by atoms with van der Waals surface area (Å²) in [6, 6.07) is 10.5. The van der Waals surface area contributed by atoms with Crippen LogP contribution in [-0.2, 0) is 0 Å². The van der Waals surface area contributed by atoms with E-state index in [0.717, 1.165) is 6.42 Å². The molecule has 0 nitrogen and oxygen atoms in total. The first-order valence-electron chi connectivity index (χ1n) is 5.21. The Bertz CT molecular complexity index is 452. The van der Waals surface area contributed by atoms with Crippen LogP contribution in [0.4, 0.5) is 0 Å². The molecule has 0 saturated heterocycles. The van der Waals surface area contributed by atoms with Crippen LogP contribution in [0.2, 0.25) is 0 Å². The first-order chi connectivity index (χ1) is 7.38. The van der Waals surface area contributed by atoms with Gasteiger partial charge >= 0.3 is 0 Å². The number of benzene rings is 1. The zero-order chi connectivity index (χ0) is 10.5. The summed E-state index contributed by atoms with van der Waals surface area (Å²) in [5.74, 6) is 0. The summed E-state index contributed by atoms with van der Waals surface area (Å²) in [4.78, 5) is 0. The normalized spacial score (nSPS) is 22.2. The van der Waals surface area contributed by atoms with E-state index < -0.39 is 0 Å². The third kappa shape index (κ3) is 2.37. The highest BCUT2D eigenvalue weighted by atomic mass is 14.1. The van der Waals surface area contributed by atoms with E-state index in [9.17, 15) is 0 Å². The van der Waals surface area contributed by atoms with E-state index in [1.54, 1.807) is 0 Å². The molecule has 2 rings (SSSR count). The van der Waals surface area contributed by atoms with Gasteiger partial charge in [-0.3, -0.25) is 0 Å². The fraction of sp³-hybridized carbons (Fsp3) is 0.133. The maximum atomic E-state index is 3.14. The first-order valence-corrected chi connectivity index (χ1v) is 5.21. The average Bonchev–Trinajstić information content (AvgIpc) is 2.25. The summed E-state index contributed by atoms with van der Waals surface area (Å²) in [6.45, 7) is 2.14. The molecular weight excluding hydrogens is 180 g/mol. The molecule has 1 aliphatic carbocycles. The lowest BCUT2D eigenvalue weighted by atomic mass is 9.97. The van der Waals surface area contributed by atoms with Crippen molar-refractivity contribution in [2.24, 2.45) is 0 Å². The fourth-order valence-corrected chi connectivity index (χ4v) is 1.72. The Morgan fingerprint density at radius 3 is 2.73 bits per heavy atom. The zero-order valence-corrected chi connectivity index (χ0v) is 8.90. The second kappa shape index (κ2) is 4.63. The molecule has 0 atom stereocenters. The molecule has 0 bridgehead atoms. The van der Waals surface area contributed by atoms with Crippen molar-refractivity contribution in [1.29, 1.82) is 0 Å². The highest BCUT2D eigenvalue weighted by molar-refractivity contribution is 5.71. The Hall–Kier alpha value is -1.78. The molecule has 0 aliphatic heterocycles. The first kappa shape index (κ1) is 9.76. The molecule has 74 valence electrons.